The van der Waals surface area contributed by atoms with Crippen LogP contribution < -0.4 is 0 Å². The molecule has 4 heteroatoms. The maximum atomic E-state index is 11.0. The number of rotatable bonds is 3. The van der Waals surface area contributed by atoms with Crippen molar-refractivity contribution < 1.29 is 14.6 Å². The number of carbonyl (C=O) groups excluding carboxylic acids is 1. The Labute approximate surface area is 131 Å². The van der Waals surface area contributed by atoms with Gasteiger partial charge in [-0.3, -0.25) is 0 Å². The number of benzene rings is 1. The minimum atomic E-state index is -0.800. The summed E-state index contributed by atoms with van der Waals surface area (Å²) in [5, 5.41) is 10.6. The lowest BCUT2D eigenvalue weighted by Gasteiger charge is -2.46. The molecule has 1 aliphatic carbocycles. The van der Waals surface area contributed by atoms with Gasteiger partial charge in [0.15, 0.2) is 0 Å². The lowest BCUT2D eigenvalue weighted by molar-refractivity contribution is -0.0735. The smallest absolute Gasteiger partial charge is 0.404 e. The van der Waals surface area contributed by atoms with Crippen LogP contribution in [-0.4, -0.2) is 22.2 Å². The summed E-state index contributed by atoms with van der Waals surface area (Å²) in [7, 11) is 0. The van der Waals surface area contributed by atoms with Crippen molar-refractivity contribution in [3.05, 3.63) is 35.9 Å². The Morgan fingerprint density at radius 2 is 2.00 bits per heavy atom. The zero-order valence-corrected chi connectivity index (χ0v) is 13.6. The fourth-order valence-corrected chi connectivity index (χ4v) is 3.74. The highest BCUT2D eigenvalue weighted by atomic mass is 35.5. The van der Waals surface area contributed by atoms with Gasteiger partial charge < -0.3 is 9.84 Å². The maximum absolute atomic E-state index is 11.0. The molecule has 1 aromatic rings. The number of halogens is 1. The summed E-state index contributed by atoms with van der Waals surface area (Å²) >= 11 is 5.33. The molecule has 116 valence electrons. The molecule has 0 bridgehead atoms. The van der Waals surface area contributed by atoms with E-state index in [2.05, 4.69) is 26.0 Å². The highest BCUT2D eigenvalue weighted by Gasteiger charge is 2.45. The number of carbonyl (C=O) groups is 1. The van der Waals surface area contributed by atoms with Gasteiger partial charge in [0, 0.05) is 18.0 Å². The van der Waals surface area contributed by atoms with Gasteiger partial charge in [0.25, 0.3) is 0 Å². The van der Waals surface area contributed by atoms with Gasteiger partial charge in [-0.2, -0.15) is 0 Å². The molecule has 0 spiro atoms. The molecule has 3 unspecified atom stereocenters. The first-order valence-electron chi connectivity index (χ1n) is 7.37. The first-order chi connectivity index (χ1) is 9.74. The molecule has 1 saturated carbocycles. The molecular weight excluding hydrogens is 288 g/mol. The van der Waals surface area contributed by atoms with Crippen molar-refractivity contribution in [2.75, 3.05) is 0 Å². The molecule has 0 aliphatic heterocycles. The summed E-state index contributed by atoms with van der Waals surface area (Å²) in [4.78, 5) is 11.0. The molecule has 2 rings (SSSR count). The average molecular weight is 311 g/mol. The molecule has 1 aromatic carbocycles. The number of hydrogen-bond acceptors (Lipinski definition) is 3. The van der Waals surface area contributed by atoms with Crippen LogP contribution in [-0.2, 0) is 10.2 Å². The fraction of sp³-hybridized carbons (Fsp3) is 0.588. The van der Waals surface area contributed by atoms with Crippen molar-refractivity contribution in [2.45, 2.75) is 57.2 Å². The number of ether oxygens (including phenoxy) is 1. The molecule has 0 aromatic heterocycles. The van der Waals surface area contributed by atoms with E-state index in [1.165, 1.54) is 5.56 Å². The SMILES string of the molecule is CC1(OC(=O)Cl)CCC(C(C)(C)c2ccccc2)C(O)C1. The van der Waals surface area contributed by atoms with Crippen LogP contribution in [0.1, 0.15) is 45.6 Å². The summed E-state index contributed by atoms with van der Waals surface area (Å²) < 4.78 is 5.18. The van der Waals surface area contributed by atoms with Gasteiger partial charge in [0.05, 0.1) is 6.10 Å². The summed E-state index contributed by atoms with van der Waals surface area (Å²) in [6, 6.07) is 10.2. The van der Waals surface area contributed by atoms with Crippen LogP contribution in [0.25, 0.3) is 0 Å². The highest BCUT2D eigenvalue weighted by Crippen LogP contribution is 2.44. The molecule has 1 N–H and O–H groups in total. The molecule has 3 atom stereocenters. The maximum Gasteiger partial charge on any atom is 0.404 e. The van der Waals surface area contributed by atoms with Crippen LogP contribution in [0.15, 0.2) is 30.3 Å². The van der Waals surface area contributed by atoms with E-state index in [0.717, 1.165) is 6.42 Å². The van der Waals surface area contributed by atoms with Crippen LogP contribution in [0.3, 0.4) is 0 Å². The van der Waals surface area contributed by atoms with Gasteiger partial charge in [-0.05, 0) is 36.7 Å². The Balaban J connectivity index is 2.15. The largest absolute Gasteiger partial charge is 0.447 e. The van der Waals surface area contributed by atoms with Crippen molar-refractivity contribution in [2.24, 2.45) is 5.92 Å². The quantitative estimate of drug-likeness (QED) is 0.849. The molecule has 0 amide bonds. The molecule has 3 nitrogen and oxygen atoms in total. The predicted molar refractivity (Wildman–Crippen MR) is 83.6 cm³/mol. The van der Waals surface area contributed by atoms with Gasteiger partial charge in [0.2, 0.25) is 0 Å². The Morgan fingerprint density at radius 1 is 1.38 bits per heavy atom. The Hall–Kier alpha value is -1.06. The summed E-state index contributed by atoms with van der Waals surface area (Å²) in [6.07, 6.45) is 1.41. The molecule has 0 saturated heterocycles. The van der Waals surface area contributed by atoms with Crippen LogP contribution >= 0.6 is 11.6 Å². The van der Waals surface area contributed by atoms with E-state index >= 15 is 0 Å². The topological polar surface area (TPSA) is 46.5 Å². The van der Waals surface area contributed by atoms with E-state index < -0.39 is 17.1 Å². The summed E-state index contributed by atoms with van der Waals surface area (Å²) in [6.45, 7) is 6.15. The first kappa shape index (κ1) is 16.3. The molecule has 0 radical (unpaired) electrons. The number of hydrogen-bond donors (Lipinski definition) is 1. The Kier molecular flexibility index (Phi) is 4.64. The van der Waals surface area contributed by atoms with Crippen LogP contribution in [0.5, 0.6) is 0 Å². The van der Waals surface area contributed by atoms with Gasteiger partial charge in [-0.1, -0.05) is 44.2 Å². The predicted octanol–water partition coefficient (Wildman–Crippen LogP) is 4.26. The second kappa shape index (κ2) is 5.98. The third-order valence-corrected chi connectivity index (χ3v) is 4.94. The lowest BCUT2D eigenvalue weighted by atomic mass is 9.63. The fourth-order valence-electron chi connectivity index (χ4n) is 3.55. The minimum Gasteiger partial charge on any atom is -0.447 e. The van der Waals surface area contributed by atoms with Gasteiger partial charge in [-0.15, -0.1) is 0 Å². The summed E-state index contributed by atoms with van der Waals surface area (Å²) in [5.74, 6) is 0.127. The van der Waals surface area contributed by atoms with E-state index in [9.17, 15) is 9.90 Å². The van der Waals surface area contributed by atoms with Crippen LogP contribution in [0, 0.1) is 5.92 Å². The summed E-state index contributed by atoms with van der Waals surface area (Å²) in [5.41, 5.74) is -0.383. The first-order valence-corrected chi connectivity index (χ1v) is 7.74. The molecule has 1 fully saturated rings. The molecule has 0 heterocycles. The number of aliphatic hydroxyl groups is 1. The lowest BCUT2D eigenvalue weighted by Crippen LogP contribution is -2.48. The van der Waals surface area contributed by atoms with Crippen molar-refractivity contribution >= 4 is 17.0 Å². The molecule has 21 heavy (non-hydrogen) atoms. The highest BCUT2D eigenvalue weighted by molar-refractivity contribution is 6.61. The third kappa shape index (κ3) is 3.58. The average Bonchev–Trinajstić information content (AvgIpc) is 2.37. The monoisotopic (exact) mass is 310 g/mol. The zero-order valence-electron chi connectivity index (χ0n) is 12.8. The number of aliphatic hydroxyl groups excluding tert-OH is 1. The van der Waals surface area contributed by atoms with Crippen molar-refractivity contribution in [3.8, 4) is 0 Å². The second-order valence-electron chi connectivity index (χ2n) is 6.79. The van der Waals surface area contributed by atoms with Crippen LogP contribution in [0.4, 0.5) is 4.79 Å². The molecular formula is C17H23ClO3. The van der Waals surface area contributed by atoms with E-state index in [1.54, 1.807) is 0 Å². The third-order valence-electron chi connectivity index (χ3n) is 4.86. The minimum absolute atomic E-state index is 0.127. The van der Waals surface area contributed by atoms with Crippen molar-refractivity contribution in [3.63, 3.8) is 0 Å². The van der Waals surface area contributed by atoms with Gasteiger partial charge in [-0.25, -0.2) is 4.79 Å². The van der Waals surface area contributed by atoms with Gasteiger partial charge >= 0.3 is 5.43 Å². The standard InChI is InChI=1S/C17H23ClO3/c1-16(2,12-7-5-4-6-8-12)13-9-10-17(3,11-14(13)19)21-15(18)20/h4-8,13-14,19H,9-11H2,1-3H3. The Morgan fingerprint density at radius 3 is 2.52 bits per heavy atom. The van der Waals surface area contributed by atoms with E-state index in [-0.39, 0.29) is 11.3 Å². The van der Waals surface area contributed by atoms with Gasteiger partial charge in [0.1, 0.15) is 5.60 Å². The zero-order chi connectivity index (χ0) is 15.7. The second-order valence-corrected chi connectivity index (χ2v) is 7.10. The molecule has 1 aliphatic rings. The van der Waals surface area contributed by atoms with Crippen molar-refractivity contribution in [1.29, 1.82) is 0 Å². The van der Waals surface area contributed by atoms with Crippen LogP contribution in [0.2, 0.25) is 0 Å². The van der Waals surface area contributed by atoms with Crippen molar-refractivity contribution in [1.82, 2.24) is 0 Å². The normalized spacial score (nSPS) is 30.0. The van der Waals surface area contributed by atoms with E-state index in [0.29, 0.717) is 12.8 Å². The van der Waals surface area contributed by atoms with E-state index in [4.69, 9.17) is 16.3 Å². The Bertz CT molecular complexity index is 500. The van der Waals surface area contributed by atoms with E-state index in [1.807, 2.05) is 25.1 Å².